The summed E-state index contributed by atoms with van der Waals surface area (Å²) in [6, 6.07) is 1.94. The van der Waals surface area contributed by atoms with E-state index in [-0.39, 0.29) is 6.23 Å². The van der Waals surface area contributed by atoms with E-state index in [4.69, 9.17) is 16.3 Å². The molecule has 1 aliphatic rings. The average Bonchev–Trinajstić information content (AvgIpc) is 2.69. The molecule has 0 spiro atoms. The van der Waals surface area contributed by atoms with E-state index in [0.29, 0.717) is 5.15 Å². The summed E-state index contributed by atoms with van der Waals surface area (Å²) in [6.45, 7) is 2.76. The first-order valence-electron chi connectivity index (χ1n) is 5.88. The first kappa shape index (κ1) is 11.0. The third kappa shape index (κ3) is 1.81. The lowest BCUT2D eigenvalue weighted by Gasteiger charge is -2.23. The minimum absolute atomic E-state index is 0.0402. The monoisotopic (exact) mass is 251 g/mol. The quantitative estimate of drug-likeness (QED) is 0.732. The third-order valence-corrected chi connectivity index (χ3v) is 3.46. The number of hydrogen-bond donors (Lipinski definition) is 0. The van der Waals surface area contributed by atoms with Gasteiger partial charge in [0.05, 0.1) is 16.6 Å². The number of hydrogen-bond acceptors (Lipinski definition) is 3. The Kier molecular flexibility index (Phi) is 2.76. The van der Waals surface area contributed by atoms with E-state index < -0.39 is 0 Å². The van der Waals surface area contributed by atoms with Gasteiger partial charge in [0.15, 0.2) is 6.23 Å². The molecule has 5 heteroatoms. The number of fused-ring (bicyclic) bond motifs is 1. The van der Waals surface area contributed by atoms with Gasteiger partial charge in [-0.1, -0.05) is 11.6 Å². The highest BCUT2D eigenvalue weighted by Gasteiger charge is 2.20. The van der Waals surface area contributed by atoms with Gasteiger partial charge in [-0.3, -0.25) is 0 Å². The largest absolute Gasteiger partial charge is 0.356 e. The molecule has 0 saturated carbocycles. The van der Waals surface area contributed by atoms with Crippen molar-refractivity contribution in [3.63, 3.8) is 0 Å². The van der Waals surface area contributed by atoms with Crippen LogP contribution in [0.2, 0.25) is 5.15 Å². The van der Waals surface area contributed by atoms with Gasteiger partial charge in [0.2, 0.25) is 0 Å². The number of halogens is 1. The molecule has 90 valence electrons. The SMILES string of the molecule is Cc1nn(C2CCCCO2)c2ccnc(Cl)c12. The lowest BCUT2D eigenvalue weighted by Crippen LogP contribution is -2.19. The van der Waals surface area contributed by atoms with Crippen molar-refractivity contribution in [2.75, 3.05) is 6.61 Å². The summed E-state index contributed by atoms with van der Waals surface area (Å²) in [4.78, 5) is 4.10. The molecular weight excluding hydrogens is 238 g/mol. The van der Waals surface area contributed by atoms with Gasteiger partial charge in [0.1, 0.15) is 5.15 Å². The highest BCUT2D eigenvalue weighted by atomic mass is 35.5. The van der Waals surface area contributed by atoms with Gasteiger partial charge in [0.25, 0.3) is 0 Å². The molecule has 0 bridgehead atoms. The van der Waals surface area contributed by atoms with Crippen LogP contribution in [0.5, 0.6) is 0 Å². The Bertz CT molecular complexity index is 546. The minimum Gasteiger partial charge on any atom is -0.356 e. The topological polar surface area (TPSA) is 39.9 Å². The van der Waals surface area contributed by atoms with Gasteiger partial charge in [0, 0.05) is 12.8 Å². The molecule has 2 aromatic heterocycles. The van der Waals surface area contributed by atoms with Crippen molar-refractivity contribution in [1.29, 1.82) is 0 Å². The Morgan fingerprint density at radius 3 is 3.12 bits per heavy atom. The number of pyridine rings is 1. The zero-order valence-electron chi connectivity index (χ0n) is 9.69. The van der Waals surface area contributed by atoms with E-state index in [1.807, 2.05) is 17.7 Å². The second-order valence-corrected chi connectivity index (χ2v) is 4.71. The van der Waals surface area contributed by atoms with Crippen molar-refractivity contribution < 1.29 is 4.74 Å². The van der Waals surface area contributed by atoms with Gasteiger partial charge in [-0.05, 0) is 32.3 Å². The smallest absolute Gasteiger partial charge is 0.150 e. The van der Waals surface area contributed by atoms with Crippen molar-refractivity contribution in [1.82, 2.24) is 14.8 Å². The lowest BCUT2D eigenvalue weighted by atomic mass is 10.2. The van der Waals surface area contributed by atoms with Crippen LogP contribution in [0.25, 0.3) is 10.9 Å². The predicted octanol–water partition coefficient (Wildman–Crippen LogP) is 3.09. The van der Waals surface area contributed by atoms with Gasteiger partial charge in [-0.25, -0.2) is 9.67 Å². The zero-order valence-corrected chi connectivity index (χ0v) is 10.4. The summed E-state index contributed by atoms with van der Waals surface area (Å²) in [6.07, 6.45) is 5.08. The number of aryl methyl sites for hydroxylation is 1. The molecule has 1 aliphatic heterocycles. The maximum Gasteiger partial charge on any atom is 0.150 e. The Balaban J connectivity index is 2.13. The molecule has 0 aromatic carbocycles. The van der Waals surface area contributed by atoms with Crippen molar-refractivity contribution in [3.05, 3.63) is 23.1 Å². The van der Waals surface area contributed by atoms with E-state index in [1.165, 1.54) is 6.42 Å². The highest BCUT2D eigenvalue weighted by Crippen LogP contribution is 2.30. The Labute approximate surface area is 105 Å². The number of ether oxygens (including phenoxy) is 1. The molecule has 3 heterocycles. The molecular formula is C12H14ClN3O. The molecule has 1 atom stereocenters. The highest BCUT2D eigenvalue weighted by molar-refractivity contribution is 6.34. The maximum atomic E-state index is 6.11. The zero-order chi connectivity index (χ0) is 11.8. The Morgan fingerprint density at radius 2 is 2.35 bits per heavy atom. The van der Waals surface area contributed by atoms with Crippen LogP contribution < -0.4 is 0 Å². The van der Waals surface area contributed by atoms with Crippen molar-refractivity contribution in [3.8, 4) is 0 Å². The molecule has 4 nitrogen and oxygen atoms in total. The minimum atomic E-state index is 0.0402. The van der Waals surface area contributed by atoms with Gasteiger partial charge in [-0.2, -0.15) is 5.10 Å². The third-order valence-electron chi connectivity index (χ3n) is 3.18. The summed E-state index contributed by atoms with van der Waals surface area (Å²) < 4.78 is 7.70. The van der Waals surface area contributed by atoms with Crippen LogP contribution in [0.1, 0.15) is 31.2 Å². The predicted molar refractivity (Wildman–Crippen MR) is 66.1 cm³/mol. The summed E-state index contributed by atoms with van der Waals surface area (Å²) in [5, 5.41) is 5.99. The Morgan fingerprint density at radius 1 is 1.47 bits per heavy atom. The molecule has 1 saturated heterocycles. The number of nitrogens with zero attached hydrogens (tertiary/aromatic N) is 3. The standard InChI is InChI=1S/C12H14ClN3O/c1-8-11-9(5-6-14-12(11)13)16(15-8)10-4-2-3-7-17-10/h5-6,10H,2-4,7H2,1H3. The normalized spacial score (nSPS) is 20.9. The van der Waals surface area contributed by atoms with E-state index in [1.54, 1.807) is 6.20 Å². The fourth-order valence-electron chi connectivity index (χ4n) is 2.35. The first-order valence-corrected chi connectivity index (χ1v) is 6.26. The van der Waals surface area contributed by atoms with Gasteiger partial charge in [-0.15, -0.1) is 0 Å². The first-order chi connectivity index (χ1) is 8.27. The maximum absolute atomic E-state index is 6.11. The molecule has 1 unspecified atom stereocenters. The molecule has 2 aromatic rings. The summed E-state index contributed by atoms with van der Waals surface area (Å²) in [5.74, 6) is 0. The summed E-state index contributed by atoms with van der Waals surface area (Å²) in [7, 11) is 0. The molecule has 1 fully saturated rings. The second-order valence-electron chi connectivity index (χ2n) is 4.35. The number of aromatic nitrogens is 3. The van der Waals surface area contributed by atoms with E-state index >= 15 is 0 Å². The second kappa shape index (κ2) is 4.27. The molecule has 17 heavy (non-hydrogen) atoms. The van der Waals surface area contributed by atoms with E-state index in [0.717, 1.165) is 36.0 Å². The lowest BCUT2D eigenvalue weighted by molar-refractivity contribution is -0.0368. The molecule has 0 N–H and O–H groups in total. The van der Waals surface area contributed by atoms with E-state index in [2.05, 4.69) is 10.1 Å². The van der Waals surface area contributed by atoms with Crippen molar-refractivity contribution >= 4 is 22.5 Å². The van der Waals surface area contributed by atoms with Crippen molar-refractivity contribution in [2.24, 2.45) is 0 Å². The van der Waals surface area contributed by atoms with Crippen LogP contribution in [0.3, 0.4) is 0 Å². The number of rotatable bonds is 1. The molecule has 0 amide bonds. The summed E-state index contributed by atoms with van der Waals surface area (Å²) in [5.41, 5.74) is 1.92. The van der Waals surface area contributed by atoms with Crippen LogP contribution in [-0.4, -0.2) is 21.4 Å². The van der Waals surface area contributed by atoms with Crippen LogP contribution in [0.15, 0.2) is 12.3 Å². The molecule has 3 rings (SSSR count). The fourth-order valence-corrected chi connectivity index (χ4v) is 2.64. The molecule has 0 aliphatic carbocycles. The average molecular weight is 252 g/mol. The molecule has 0 radical (unpaired) electrons. The summed E-state index contributed by atoms with van der Waals surface area (Å²) >= 11 is 6.11. The van der Waals surface area contributed by atoms with Crippen molar-refractivity contribution in [2.45, 2.75) is 32.4 Å². The Hall–Kier alpha value is -1.13. The van der Waals surface area contributed by atoms with Gasteiger partial charge < -0.3 is 4.74 Å². The van der Waals surface area contributed by atoms with Crippen LogP contribution in [-0.2, 0) is 4.74 Å². The van der Waals surface area contributed by atoms with Crippen LogP contribution >= 0.6 is 11.6 Å². The fraction of sp³-hybridized carbons (Fsp3) is 0.500. The van der Waals surface area contributed by atoms with E-state index in [9.17, 15) is 0 Å². The van der Waals surface area contributed by atoms with Gasteiger partial charge >= 0.3 is 0 Å². The van der Waals surface area contributed by atoms with Crippen LogP contribution in [0.4, 0.5) is 0 Å². The van der Waals surface area contributed by atoms with Crippen LogP contribution in [0, 0.1) is 6.92 Å².